The molecule has 0 saturated heterocycles. The van der Waals surface area contributed by atoms with Crippen LogP contribution in [0.3, 0.4) is 0 Å². The van der Waals surface area contributed by atoms with Crippen LogP contribution in [-0.4, -0.2) is 26.4 Å². The minimum atomic E-state index is -0.974. The summed E-state index contributed by atoms with van der Waals surface area (Å²) in [7, 11) is 0. The number of aromatic nitrogens is 1. The molecule has 4 nitrogen and oxygen atoms in total. The largest absolute Gasteiger partial charge is 0.480 e. The van der Waals surface area contributed by atoms with E-state index in [1.54, 1.807) is 10.9 Å². The first kappa shape index (κ1) is 11.2. The molecule has 0 aromatic carbocycles. The predicted molar refractivity (Wildman–Crippen MR) is 55.5 cm³/mol. The summed E-state index contributed by atoms with van der Waals surface area (Å²) in [6.45, 7) is 1.36. The highest BCUT2D eigenvalue weighted by Gasteiger charge is 2.21. The van der Waals surface area contributed by atoms with Gasteiger partial charge in [0, 0.05) is 18.7 Å². The molecule has 1 aromatic heterocycles. The number of hydrogen-bond donors (Lipinski definition) is 1. The molecule has 0 aliphatic heterocycles. The normalized spacial score (nSPS) is 12.4. The highest BCUT2D eigenvalue weighted by Crippen LogP contribution is 2.17. The van der Waals surface area contributed by atoms with Crippen LogP contribution in [0, 0.1) is 0 Å². The maximum absolute atomic E-state index is 10.8. The van der Waals surface area contributed by atoms with Crippen molar-refractivity contribution in [1.82, 2.24) is 4.98 Å². The molecule has 1 atom stereocenters. The summed E-state index contributed by atoms with van der Waals surface area (Å²) >= 11 is 2.25. The molecular formula is C8H9NO3S2. The van der Waals surface area contributed by atoms with E-state index in [9.17, 15) is 9.59 Å². The molecule has 1 unspecified atom stereocenters. The van der Waals surface area contributed by atoms with Crippen LogP contribution < -0.4 is 0 Å². The van der Waals surface area contributed by atoms with Gasteiger partial charge in [0.2, 0.25) is 0 Å². The Hall–Kier alpha value is -0.880. The first-order valence-electron chi connectivity index (χ1n) is 3.86. The number of aliphatic carboxylic acids is 1. The quantitative estimate of drug-likeness (QED) is 0.848. The third-order valence-electron chi connectivity index (χ3n) is 1.46. The van der Waals surface area contributed by atoms with E-state index < -0.39 is 11.2 Å². The fourth-order valence-corrected chi connectivity index (χ4v) is 2.23. The van der Waals surface area contributed by atoms with E-state index in [1.807, 2.05) is 0 Å². The third kappa shape index (κ3) is 3.47. The number of carboxylic acids is 1. The van der Waals surface area contributed by atoms with Crippen molar-refractivity contribution in [3.05, 3.63) is 16.6 Å². The Balaban J connectivity index is 2.60. The lowest BCUT2D eigenvalue weighted by Crippen LogP contribution is -2.20. The lowest BCUT2D eigenvalue weighted by atomic mass is 10.2. The number of carbonyl (C=O) groups is 2. The molecule has 6 heteroatoms. The van der Waals surface area contributed by atoms with Crippen molar-refractivity contribution < 1.29 is 14.7 Å². The van der Waals surface area contributed by atoms with E-state index in [4.69, 9.17) is 5.11 Å². The summed E-state index contributed by atoms with van der Waals surface area (Å²) in [6, 6.07) is 0. The molecule has 0 bridgehead atoms. The third-order valence-corrected chi connectivity index (χ3v) is 3.08. The van der Waals surface area contributed by atoms with Gasteiger partial charge in [-0.25, -0.2) is 4.98 Å². The fraction of sp³-hybridized carbons (Fsp3) is 0.375. The molecule has 14 heavy (non-hydrogen) atoms. The van der Waals surface area contributed by atoms with E-state index in [0.29, 0.717) is 6.42 Å². The van der Waals surface area contributed by atoms with Crippen LogP contribution >= 0.6 is 23.1 Å². The first-order valence-corrected chi connectivity index (χ1v) is 5.69. The van der Waals surface area contributed by atoms with Gasteiger partial charge in [0.15, 0.2) is 5.12 Å². The SMILES string of the molecule is CC(=O)SC(Cc1cscn1)C(=O)O. The second kappa shape index (κ2) is 5.11. The van der Waals surface area contributed by atoms with Crippen molar-refractivity contribution in [3.63, 3.8) is 0 Å². The molecule has 0 aliphatic carbocycles. The average molecular weight is 231 g/mol. The zero-order chi connectivity index (χ0) is 10.6. The van der Waals surface area contributed by atoms with Gasteiger partial charge in [-0.1, -0.05) is 11.8 Å². The summed E-state index contributed by atoms with van der Waals surface area (Å²) < 4.78 is 0. The average Bonchev–Trinajstić information content (AvgIpc) is 2.54. The van der Waals surface area contributed by atoms with Crippen molar-refractivity contribution in [2.45, 2.75) is 18.6 Å². The molecule has 0 saturated carbocycles. The highest BCUT2D eigenvalue weighted by molar-refractivity contribution is 8.14. The molecular weight excluding hydrogens is 222 g/mol. The molecule has 0 spiro atoms. The Kier molecular flexibility index (Phi) is 4.09. The van der Waals surface area contributed by atoms with Crippen molar-refractivity contribution in [2.24, 2.45) is 0 Å². The standard InChI is InChI=1S/C8H9NO3S2/c1-5(10)14-7(8(11)12)2-6-3-13-4-9-6/h3-4,7H,2H2,1H3,(H,11,12). The second-order valence-electron chi connectivity index (χ2n) is 2.62. The minimum Gasteiger partial charge on any atom is -0.480 e. The van der Waals surface area contributed by atoms with Crippen molar-refractivity contribution in [1.29, 1.82) is 0 Å². The van der Waals surface area contributed by atoms with Crippen molar-refractivity contribution in [2.75, 3.05) is 0 Å². The summed E-state index contributed by atoms with van der Waals surface area (Å²) in [5, 5.41) is 9.70. The molecule has 0 radical (unpaired) electrons. The monoisotopic (exact) mass is 231 g/mol. The summed E-state index contributed by atoms with van der Waals surface area (Å²) in [6.07, 6.45) is 0.295. The van der Waals surface area contributed by atoms with Gasteiger partial charge in [-0.05, 0) is 0 Å². The molecule has 0 fully saturated rings. The van der Waals surface area contributed by atoms with Crippen molar-refractivity contribution >= 4 is 34.2 Å². The summed E-state index contributed by atoms with van der Waals surface area (Å²) in [5.74, 6) is -0.974. The maximum Gasteiger partial charge on any atom is 0.317 e. The van der Waals surface area contributed by atoms with Gasteiger partial charge in [-0.3, -0.25) is 9.59 Å². The van der Waals surface area contributed by atoms with Crippen LogP contribution in [0.4, 0.5) is 0 Å². The zero-order valence-electron chi connectivity index (χ0n) is 7.47. The summed E-state index contributed by atoms with van der Waals surface area (Å²) in [4.78, 5) is 25.5. The molecule has 1 rings (SSSR count). The Morgan fingerprint density at radius 2 is 2.43 bits per heavy atom. The predicted octanol–water partition coefficient (Wildman–Crippen LogP) is 1.42. The van der Waals surface area contributed by atoms with Gasteiger partial charge < -0.3 is 5.11 Å². The molecule has 0 aliphatic rings. The van der Waals surface area contributed by atoms with E-state index >= 15 is 0 Å². The zero-order valence-corrected chi connectivity index (χ0v) is 9.10. The molecule has 0 amide bonds. The van der Waals surface area contributed by atoms with Crippen molar-refractivity contribution in [3.8, 4) is 0 Å². The topological polar surface area (TPSA) is 67.3 Å². The molecule has 1 N–H and O–H groups in total. The van der Waals surface area contributed by atoms with Crippen LogP contribution in [-0.2, 0) is 16.0 Å². The number of thiazole rings is 1. The smallest absolute Gasteiger partial charge is 0.317 e. The van der Waals surface area contributed by atoms with E-state index in [1.165, 1.54) is 18.3 Å². The van der Waals surface area contributed by atoms with Crippen LogP contribution in [0.5, 0.6) is 0 Å². The number of rotatable bonds is 4. The first-order chi connectivity index (χ1) is 6.59. The van der Waals surface area contributed by atoms with Gasteiger partial charge >= 0.3 is 5.97 Å². The van der Waals surface area contributed by atoms with Crippen LogP contribution in [0.1, 0.15) is 12.6 Å². The van der Waals surface area contributed by atoms with Crippen LogP contribution in [0.2, 0.25) is 0 Å². The van der Waals surface area contributed by atoms with Crippen LogP contribution in [0.15, 0.2) is 10.9 Å². The van der Waals surface area contributed by atoms with Gasteiger partial charge in [-0.15, -0.1) is 11.3 Å². The highest BCUT2D eigenvalue weighted by atomic mass is 32.2. The van der Waals surface area contributed by atoms with E-state index in [0.717, 1.165) is 17.5 Å². The van der Waals surface area contributed by atoms with Crippen LogP contribution in [0.25, 0.3) is 0 Å². The number of thioether (sulfide) groups is 1. The van der Waals surface area contributed by atoms with Gasteiger partial charge in [0.05, 0.1) is 11.2 Å². The lowest BCUT2D eigenvalue weighted by molar-refractivity contribution is -0.136. The second-order valence-corrected chi connectivity index (χ2v) is 4.72. The van der Waals surface area contributed by atoms with Gasteiger partial charge in [-0.2, -0.15) is 0 Å². The Bertz CT molecular complexity index is 323. The van der Waals surface area contributed by atoms with E-state index in [-0.39, 0.29) is 5.12 Å². The Morgan fingerprint density at radius 3 is 2.86 bits per heavy atom. The van der Waals surface area contributed by atoms with Gasteiger partial charge in [0.1, 0.15) is 5.25 Å². The summed E-state index contributed by atoms with van der Waals surface area (Å²) in [5.41, 5.74) is 2.36. The Labute approximate surface area is 89.4 Å². The molecule has 1 heterocycles. The number of nitrogens with zero attached hydrogens (tertiary/aromatic N) is 1. The van der Waals surface area contributed by atoms with Gasteiger partial charge in [0.25, 0.3) is 0 Å². The number of carboxylic acid groups (broad SMARTS) is 1. The molecule has 76 valence electrons. The fourth-order valence-electron chi connectivity index (χ4n) is 0.908. The number of hydrogen-bond acceptors (Lipinski definition) is 5. The lowest BCUT2D eigenvalue weighted by Gasteiger charge is -2.07. The van der Waals surface area contributed by atoms with E-state index in [2.05, 4.69) is 4.98 Å². The Morgan fingerprint density at radius 1 is 1.71 bits per heavy atom. The minimum absolute atomic E-state index is 0.187. The maximum atomic E-state index is 10.8. The molecule has 1 aromatic rings. The number of carbonyl (C=O) groups excluding carboxylic acids is 1.